The van der Waals surface area contributed by atoms with Crippen LogP contribution in [0.1, 0.15) is 24.5 Å². The Hall–Kier alpha value is -1.06. The largest absolute Gasteiger partial charge is 0.492 e. The van der Waals surface area contributed by atoms with Gasteiger partial charge in [-0.3, -0.25) is 4.90 Å². The normalized spacial score (nSPS) is 24.4. The number of aryl methyl sites for hydroxylation is 2. The molecule has 1 aromatic rings. The van der Waals surface area contributed by atoms with E-state index in [1.165, 1.54) is 11.1 Å². The molecular formula is C16H25NO2. The maximum Gasteiger partial charge on any atom is 0.119 e. The molecule has 19 heavy (non-hydrogen) atoms. The summed E-state index contributed by atoms with van der Waals surface area (Å²) < 4.78 is 5.81. The molecule has 1 aromatic carbocycles. The lowest BCUT2D eigenvalue weighted by Gasteiger charge is -2.34. The van der Waals surface area contributed by atoms with E-state index in [2.05, 4.69) is 43.9 Å². The third kappa shape index (κ3) is 4.22. The van der Waals surface area contributed by atoms with Gasteiger partial charge in [0.2, 0.25) is 0 Å². The summed E-state index contributed by atoms with van der Waals surface area (Å²) in [6.07, 6.45) is 0.889. The van der Waals surface area contributed by atoms with Gasteiger partial charge in [-0.05, 0) is 56.0 Å². The molecule has 2 unspecified atom stereocenters. The third-order valence-corrected chi connectivity index (χ3v) is 3.87. The van der Waals surface area contributed by atoms with Gasteiger partial charge in [-0.25, -0.2) is 0 Å². The quantitative estimate of drug-likeness (QED) is 0.905. The van der Waals surface area contributed by atoms with Gasteiger partial charge in [0.05, 0.1) is 6.10 Å². The van der Waals surface area contributed by atoms with Crippen LogP contribution in [-0.2, 0) is 0 Å². The Morgan fingerprint density at radius 1 is 1.26 bits per heavy atom. The van der Waals surface area contributed by atoms with Gasteiger partial charge in [-0.1, -0.05) is 13.0 Å². The molecule has 0 saturated carbocycles. The first kappa shape index (κ1) is 14.4. The zero-order valence-corrected chi connectivity index (χ0v) is 12.2. The van der Waals surface area contributed by atoms with Crippen LogP contribution in [-0.4, -0.2) is 42.4 Å². The van der Waals surface area contributed by atoms with Gasteiger partial charge >= 0.3 is 0 Å². The van der Waals surface area contributed by atoms with E-state index in [1.807, 2.05) is 0 Å². The molecule has 0 aromatic heterocycles. The molecule has 3 heteroatoms. The summed E-state index contributed by atoms with van der Waals surface area (Å²) >= 11 is 0. The predicted molar refractivity (Wildman–Crippen MR) is 77.6 cm³/mol. The maximum absolute atomic E-state index is 9.85. The molecule has 1 fully saturated rings. The molecule has 2 rings (SSSR count). The molecule has 106 valence electrons. The van der Waals surface area contributed by atoms with E-state index in [1.54, 1.807) is 0 Å². The predicted octanol–water partition coefficient (Wildman–Crippen LogP) is 2.38. The van der Waals surface area contributed by atoms with Crippen molar-refractivity contribution >= 4 is 0 Å². The van der Waals surface area contributed by atoms with Crippen LogP contribution in [0.4, 0.5) is 0 Å². The number of β-amino-alcohol motifs (C(OH)–C–C–N with tert-alkyl or cyclic N) is 1. The number of aliphatic hydroxyl groups is 1. The molecule has 1 aliphatic rings. The fraction of sp³-hybridized carbons (Fsp3) is 0.625. The highest BCUT2D eigenvalue weighted by Crippen LogP contribution is 2.18. The summed E-state index contributed by atoms with van der Waals surface area (Å²) in [5.74, 6) is 1.38. The van der Waals surface area contributed by atoms with Gasteiger partial charge in [0.15, 0.2) is 0 Å². The van der Waals surface area contributed by atoms with Gasteiger partial charge in [0, 0.05) is 13.1 Å². The van der Waals surface area contributed by atoms with Crippen LogP contribution >= 0.6 is 0 Å². The lowest BCUT2D eigenvalue weighted by molar-refractivity contribution is 0.0244. The number of aliphatic hydroxyl groups excluding tert-OH is 1. The average Bonchev–Trinajstić information content (AvgIpc) is 2.32. The molecule has 3 nitrogen and oxygen atoms in total. The average molecular weight is 263 g/mol. The Morgan fingerprint density at radius 2 is 1.95 bits per heavy atom. The van der Waals surface area contributed by atoms with E-state index in [9.17, 15) is 5.11 Å². The van der Waals surface area contributed by atoms with E-state index in [4.69, 9.17) is 4.74 Å². The molecule has 1 saturated heterocycles. The molecule has 0 radical (unpaired) electrons. The molecule has 0 aliphatic carbocycles. The third-order valence-electron chi connectivity index (χ3n) is 3.87. The molecule has 0 amide bonds. The number of hydrogen-bond donors (Lipinski definition) is 1. The van der Waals surface area contributed by atoms with Crippen LogP contribution in [0.3, 0.4) is 0 Å². The smallest absolute Gasteiger partial charge is 0.119 e. The zero-order chi connectivity index (χ0) is 13.8. The monoisotopic (exact) mass is 263 g/mol. The van der Waals surface area contributed by atoms with Crippen molar-refractivity contribution in [1.82, 2.24) is 4.90 Å². The Bertz CT molecular complexity index is 399. The van der Waals surface area contributed by atoms with Crippen LogP contribution in [0.2, 0.25) is 0 Å². The minimum Gasteiger partial charge on any atom is -0.492 e. The first-order valence-corrected chi connectivity index (χ1v) is 7.16. The summed E-state index contributed by atoms with van der Waals surface area (Å²) in [5, 5.41) is 9.85. The van der Waals surface area contributed by atoms with Gasteiger partial charge in [-0.15, -0.1) is 0 Å². The highest BCUT2D eigenvalue weighted by atomic mass is 16.5. The Balaban J connectivity index is 1.77. The van der Waals surface area contributed by atoms with Crippen molar-refractivity contribution in [2.45, 2.75) is 33.3 Å². The van der Waals surface area contributed by atoms with Crippen molar-refractivity contribution in [2.24, 2.45) is 5.92 Å². The van der Waals surface area contributed by atoms with E-state index in [0.717, 1.165) is 31.8 Å². The maximum atomic E-state index is 9.85. The van der Waals surface area contributed by atoms with Crippen LogP contribution in [0, 0.1) is 19.8 Å². The van der Waals surface area contributed by atoms with Crippen molar-refractivity contribution in [1.29, 1.82) is 0 Å². The lowest BCUT2D eigenvalue weighted by atomic mass is 9.96. The SMILES string of the molecule is Cc1cc(C)cc(OCCN2CCC(C)C(O)C2)c1. The highest BCUT2D eigenvalue weighted by molar-refractivity contribution is 5.32. The molecule has 0 spiro atoms. The first-order valence-electron chi connectivity index (χ1n) is 7.16. The fourth-order valence-corrected chi connectivity index (χ4v) is 2.63. The number of hydrogen-bond acceptors (Lipinski definition) is 3. The van der Waals surface area contributed by atoms with Gasteiger partial charge in [-0.2, -0.15) is 0 Å². The summed E-state index contributed by atoms with van der Waals surface area (Å²) in [7, 11) is 0. The van der Waals surface area contributed by atoms with Crippen molar-refractivity contribution in [3.8, 4) is 5.75 Å². The lowest BCUT2D eigenvalue weighted by Crippen LogP contribution is -2.44. The second-order valence-electron chi connectivity index (χ2n) is 5.81. The number of piperidine rings is 1. The summed E-state index contributed by atoms with van der Waals surface area (Å²) in [6, 6.07) is 6.29. The minimum absolute atomic E-state index is 0.185. The molecule has 1 N–H and O–H groups in total. The summed E-state index contributed by atoms with van der Waals surface area (Å²) in [5.41, 5.74) is 2.47. The molecule has 1 heterocycles. The summed E-state index contributed by atoms with van der Waals surface area (Å²) in [4.78, 5) is 2.29. The Kier molecular flexibility index (Phi) is 4.83. The Morgan fingerprint density at radius 3 is 2.58 bits per heavy atom. The summed E-state index contributed by atoms with van der Waals surface area (Å²) in [6.45, 7) is 9.70. The van der Waals surface area contributed by atoms with Crippen molar-refractivity contribution in [3.63, 3.8) is 0 Å². The van der Waals surface area contributed by atoms with Crippen molar-refractivity contribution < 1.29 is 9.84 Å². The van der Waals surface area contributed by atoms with Crippen molar-refractivity contribution in [3.05, 3.63) is 29.3 Å². The first-order chi connectivity index (χ1) is 9.04. The number of ether oxygens (including phenoxy) is 1. The van der Waals surface area contributed by atoms with Gasteiger partial charge < -0.3 is 9.84 Å². The molecule has 0 bridgehead atoms. The zero-order valence-electron chi connectivity index (χ0n) is 12.2. The molecule has 1 aliphatic heterocycles. The van der Waals surface area contributed by atoms with Crippen LogP contribution in [0.5, 0.6) is 5.75 Å². The van der Waals surface area contributed by atoms with Crippen LogP contribution in [0.25, 0.3) is 0 Å². The second-order valence-corrected chi connectivity index (χ2v) is 5.81. The van der Waals surface area contributed by atoms with E-state index in [0.29, 0.717) is 12.5 Å². The van der Waals surface area contributed by atoms with Gasteiger partial charge in [0.1, 0.15) is 12.4 Å². The molecular weight excluding hydrogens is 238 g/mol. The standard InChI is InChI=1S/C16H25NO2/c1-12-8-13(2)10-15(9-12)19-7-6-17-5-4-14(3)16(18)11-17/h8-10,14,16,18H,4-7,11H2,1-3H3. The van der Waals surface area contributed by atoms with E-state index < -0.39 is 0 Å². The van der Waals surface area contributed by atoms with Crippen molar-refractivity contribution in [2.75, 3.05) is 26.2 Å². The number of rotatable bonds is 4. The number of benzene rings is 1. The second kappa shape index (κ2) is 6.40. The van der Waals surface area contributed by atoms with Crippen LogP contribution in [0.15, 0.2) is 18.2 Å². The Labute approximate surface area is 116 Å². The minimum atomic E-state index is -0.185. The van der Waals surface area contributed by atoms with E-state index in [-0.39, 0.29) is 6.10 Å². The number of likely N-dealkylation sites (tertiary alicyclic amines) is 1. The number of nitrogens with zero attached hydrogens (tertiary/aromatic N) is 1. The topological polar surface area (TPSA) is 32.7 Å². The molecule has 2 atom stereocenters. The van der Waals surface area contributed by atoms with Gasteiger partial charge in [0.25, 0.3) is 0 Å². The van der Waals surface area contributed by atoms with Crippen LogP contribution < -0.4 is 4.74 Å². The fourth-order valence-electron chi connectivity index (χ4n) is 2.63. The highest BCUT2D eigenvalue weighted by Gasteiger charge is 2.23. The van der Waals surface area contributed by atoms with E-state index >= 15 is 0 Å².